The van der Waals surface area contributed by atoms with Crippen LogP contribution in [-0.2, 0) is 19.6 Å². The maximum Gasteiger partial charge on any atom is 0.276 e. The first-order valence-electron chi connectivity index (χ1n) is 11.0. The molecule has 0 aromatic heterocycles. The number of hydrogen-bond donors (Lipinski definition) is 2. The lowest BCUT2D eigenvalue weighted by molar-refractivity contribution is -0.131. The molecule has 1 unspecified atom stereocenters. The SMILES string of the molecule is Cc1cccc(C)c1OCC(=O)NNC(=O)C1CCCN1S(=O)(=O)c1ccc2c(c1)OCCO2. The minimum atomic E-state index is -3.96. The molecule has 2 aliphatic heterocycles. The minimum Gasteiger partial charge on any atom is -0.486 e. The number of sulfonamides is 1. The molecule has 1 atom stereocenters. The van der Waals surface area contributed by atoms with Crippen LogP contribution in [0.1, 0.15) is 24.0 Å². The van der Waals surface area contributed by atoms with Gasteiger partial charge in [0.1, 0.15) is 25.0 Å². The standard InChI is InChI=1S/C23H27N3O7S/c1-15-5-3-6-16(2)22(15)33-14-21(27)24-25-23(28)18-7-4-10-26(18)34(29,30)17-8-9-19-20(13-17)32-12-11-31-19/h3,5-6,8-9,13,18H,4,7,10-12,14H2,1-2H3,(H,24,27)(H,25,28). The van der Waals surface area contributed by atoms with Crippen LogP contribution in [0.3, 0.4) is 0 Å². The van der Waals surface area contributed by atoms with E-state index in [9.17, 15) is 18.0 Å². The van der Waals surface area contributed by atoms with Gasteiger partial charge in [-0.3, -0.25) is 20.4 Å². The van der Waals surface area contributed by atoms with Crippen LogP contribution in [0.25, 0.3) is 0 Å². The molecule has 2 heterocycles. The lowest BCUT2D eigenvalue weighted by atomic mass is 10.1. The Hall–Kier alpha value is -3.31. The lowest BCUT2D eigenvalue weighted by Crippen LogP contribution is -2.52. The van der Waals surface area contributed by atoms with Gasteiger partial charge in [-0.1, -0.05) is 18.2 Å². The summed E-state index contributed by atoms with van der Waals surface area (Å²) in [5, 5.41) is 0. The second-order valence-corrected chi connectivity index (χ2v) is 10.0. The van der Waals surface area contributed by atoms with Crippen molar-refractivity contribution in [2.45, 2.75) is 37.6 Å². The highest BCUT2D eigenvalue weighted by Gasteiger charge is 2.40. The van der Waals surface area contributed by atoms with Crippen molar-refractivity contribution in [3.05, 3.63) is 47.5 Å². The topological polar surface area (TPSA) is 123 Å². The van der Waals surface area contributed by atoms with Crippen LogP contribution in [0.5, 0.6) is 17.2 Å². The summed E-state index contributed by atoms with van der Waals surface area (Å²) in [5.74, 6) is 0.265. The molecular weight excluding hydrogens is 462 g/mol. The highest BCUT2D eigenvalue weighted by molar-refractivity contribution is 7.89. The molecule has 1 fully saturated rings. The summed E-state index contributed by atoms with van der Waals surface area (Å²) >= 11 is 0. The first-order chi connectivity index (χ1) is 16.3. The first-order valence-corrected chi connectivity index (χ1v) is 12.4. The van der Waals surface area contributed by atoms with E-state index in [1.54, 1.807) is 6.07 Å². The van der Waals surface area contributed by atoms with Crippen molar-refractivity contribution in [2.75, 3.05) is 26.4 Å². The van der Waals surface area contributed by atoms with Crippen LogP contribution in [0.15, 0.2) is 41.3 Å². The molecule has 0 saturated carbocycles. The number of amides is 2. The first kappa shape index (κ1) is 23.8. The van der Waals surface area contributed by atoms with Crippen molar-refractivity contribution < 1.29 is 32.2 Å². The van der Waals surface area contributed by atoms with Gasteiger partial charge in [0.15, 0.2) is 18.1 Å². The lowest BCUT2D eigenvalue weighted by Gasteiger charge is -2.24. The van der Waals surface area contributed by atoms with Crippen molar-refractivity contribution in [2.24, 2.45) is 0 Å². The monoisotopic (exact) mass is 489 g/mol. The van der Waals surface area contributed by atoms with Gasteiger partial charge in [-0.2, -0.15) is 4.31 Å². The minimum absolute atomic E-state index is 0.0162. The number of aryl methyl sites for hydroxylation is 2. The fourth-order valence-electron chi connectivity index (χ4n) is 4.02. The quantitative estimate of drug-likeness (QED) is 0.589. The van der Waals surface area contributed by atoms with Gasteiger partial charge in [0.05, 0.1) is 4.90 Å². The highest BCUT2D eigenvalue weighted by Crippen LogP contribution is 2.34. The van der Waals surface area contributed by atoms with E-state index < -0.39 is 27.9 Å². The molecule has 1 saturated heterocycles. The number of fused-ring (bicyclic) bond motifs is 1. The summed E-state index contributed by atoms with van der Waals surface area (Å²) in [7, 11) is -3.96. The molecule has 2 aromatic rings. The van der Waals surface area contributed by atoms with Gasteiger partial charge >= 0.3 is 0 Å². The Labute approximate surface area is 198 Å². The second-order valence-electron chi connectivity index (χ2n) is 8.13. The molecule has 0 spiro atoms. The molecule has 0 radical (unpaired) electrons. The van der Waals surface area contributed by atoms with Crippen LogP contribution in [0.4, 0.5) is 0 Å². The molecular formula is C23H27N3O7S. The number of nitrogens with zero attached hydrogens (tertiary/aromatic N) is 1. The summed E-state index contributed by atoms with van der Waals surface area (Å²) in [4.78, 5) is 24.9. The number of rotatable bonds is 6. The molecule has 0 aliphatic carbocycles. The third kappa shape index (κ3) is 4.95. The zero-order valence-electron chi connectivity index (χ0n) is 19.0. The van der Waals surface area contributed by atoms with E-state index in [0.717, 1.165) is 15.4 Å². The number of ether oxygens (including phenoxy) is 3. The van der Waals surface area contributed by atoms with Crippen LogP contribution in [-0.4, -0.2) is 56.9 Å². The third-order valence-corrected chi connectivity index (χ3v) is 7.61. The van der Waals surface area contributed by atoms with Crippen LogP contribution in [0.2, 0.25) is 0 Å². The summed E-state index contributed by atoms with van der Waals surface area (Å²) < 4.78 is 44.1. The van der Waals surface area contributed by atoms with Crippen LogP contribution < -0.4 is 25.1 Å². The van der Waals surface area contributed by atoms with E-state index in [1.165, 1.54) is 12.1 Å². The Morgan fingerprint density at radius 3 is 2.50 bits per heavy atom. The molecule has 2 aliphatic rings. The molecule has 2 N–H and O–H groups in total. The molecule has 34 heavy (non-hydrogen) atoms. The van der Waals surface area contributed by atoms with Crippen LogP contribution >= 0.6 is 0 Å². The van der Waals surface area contributed by atoms with E-state index >= 15 is 0 Å². The van der Waals surface area contributed by atoms with Crippen molar-refractivity contribution >= 4 is 21.8 Å². The Morgan fingerprint density at radius 1 is 1.06 bits per heavy atom. The molecule has 10 nitrogen and oxygen atoms in total. The Kier molecular flexibility index (Phi) is 6.94. The zero-order chi connectivity index (χ0) is 24.3. The molecule has 182 valence electrons. The van der Waals surface area contributed by atoms with E-state index in [4.69, 9.17) is 14.2 Å². The maximum absolute atomic E-state index is 13.2. The van der Waals surface area contributed by atoms with Crippen molar-refractivity contribution in [1.29, 1.82) is 0 Å². The summed E-state index contributed by atoms with van der Waals surface area (Å²) in [6.07, 6.45) is 0.857. The molecule has 2 aromatic carbocycles. The smallest absolute Gasteiger partial charge is 0.276 e. The number of carbonyl (C=O) groups excluding carboxylic acids is 2. The Bertz CT molecular complexity index is 1180. The number of para-hydroxylation sites is 1. The number of nitrogens with one attached hydrogen (secondary N) is 2. The number of benzene rings is 2. The van der Waals surface area contributed by atoms with Crippen LogP contribution in [0, 0.1) is 13.8 Å². The fraction of sp³-hybridized carbons (Fsp3) is 0.391. The Balaban J connectivity index is 1.37. The average molecular weight is 490 g/mol. The van der Waals surface area contributed by atoms with Gasteiger partial charge in [0.2, 0.25) is 10.0 Å². The predicted octanol–water partition coefficient (Wildman–Crippen LogP) is 1.45. The molecule has 2 amide bonds. The van der Waals surface area contributed by atoms with E-state index in [-0.39, 0.29) is 18.0 Å². The molecule has 11 heteroatoms. The predicted molar refractivity (Wildman–Crippen MR) is 122 cm³/mol. The van der Waals surface area contributed by atoms with Crippen molar-refractivity contribution in [3.8, 4) is 17.2 Å². The van der Waals surface area contributed by atoms with Crippen molar-refractivity contribution in [1.82, 2.24) is 15.2 Å². The third-order valence-electron chi connectivity index (χ3n) is 5.71. The average Bonchev–Trinajstić information content (AvgIpc) is 3.33. The number of hydrogen-bond acceptors (Lipinski definition) is 7. The fourth-order valence-corrected chi connectivity index (χ4v) is 5.70. The number of hydrazine groups is 1. The van der Waals surface area contributed by atoms with Gasteiger partial charge in [-0.25, -0.2) is 8.42 Å². The van der Waals surface area contributed by atoms with E-state index in [0.29, 0.717) is 43.3 Å². The molecule has 0 bridgehead atoms. The van der Waals surface area contributed by atoms with Crippen molar-refractivity contribution in [3.63, 3.8) is 0 Å². The normalized spacial score (nSPS) is 17.8. The van der Waals surface area contributed by atoms with Gasteiger partial charge in [-0.15, -0.1) is 0 Å². The zero-order valence-corrected chi connectivity index (χ0v) is 19.8. The number of carbonyl (C=O) groups is 2. The van der Waals surface area contributed by atoms with Gasteiger partial charge in [0.25, 0.3) is 11.8 Å². The second kappa shape index (κ2) is 9.90. The van der Waals surface area contributed by atoms with Gasteiger partial charge < -0.3 is 14.2 Å². The summed E-state index contributed by atoms with van der Waals surface area (Å²) in [5.41, 5.74) is 6.41. The van der Waals surface area contributed by atoms with Gasteiger partial charge in [0, 0.05) is 12.6 Å². The van der Waals surface area contributed by atoms with E-state index in [1.807, 2.05) is 32.0 Å². The summed E-state index contributed by atoms with van der Waals surface area (Å²) in [6.45, 7) is 4.37. The van der Waals surface area contributed by atoms with Gasteiger partial charge in [-0.05, 0) is 49.9 Å². The highest BCUT2D eigenvalue weighted by atomic mass is 32.2. The van der Waals surface area contributed by atoms with E-state index in [2.05, 4.69) is 10.9 Å². The largest absolute Gasteiger partial charge is 0.486 e. The maximum atomic E-state index is 13.2. The molecule has 4 rings (SSSR count). The summed E-state index contributed by atoms with van der Waals surface area (Å²) in [6, 6.07) is 9.08. The Morgan fingerprint density at radius 2 is 1.76 bits per heavy atom.